The van der Waals surface area contributed by atoms with Gasteiger partial charge in [-0.2, -0.15) is 0 Å². The van der Waals surface area contributed by atoms with Gasteiger partial charge in [0.1, 0.15) is 0 Å². The van der Waals surface area contributed by atoms with E-state index in [4.69, 9.17) is 4.74 Å². The SMILES string of the molecule is CC(=O)Nc1ccc(/C=C/C(=O)N2CCOCC2)cc1. The summed E-state index contributed by atoms with van der Waals surface area (Å²) in [5, 5.41) is 2.70. The minimum Gasteiger partial charge on any atom is -0.378 e. The van der Waals surface area contributed by atoms with Crippen molar-refractivity contribution < 1.29 is 14.3 Å². The molecule has 2 amide bonds. The number of ether oxygens (including phenoxy) is 1. The highest BCUT2D eigenvalue weighted by molar-refractivity contribution is 5.92. The Bertz CT molecular complexity index is 502. The van der Waals surface area contributed by atoms with Crippen LogP contribution < -0.4 is 5.32 Å². The largest absolute Gasteiger partial charge is 0.378 e. The number of hydrogen-bond acceptors (Lipinski definition) is 3. The molecule has 5 heteroatoms. The van der Waals surface area contributed by atoms with Crippen molar-refractivity contribution in [1.29, 1.82) is 0 Å². The molecule has 0 unspecified atom stereocenters. The van der Waals surface area contributed by atoms with Crippen LogP contribution in [0.2, 0.25) is 0 Å². The smallest absolute Gasteiger partial charge is 0.246 e. The van der Waals surface area contributed by atoms with E-state index in [9.17, 15) is 9.59 Å². The Morgan fingerprint density at radius 3 is 2.45 bits per heavy atom. The number of nitrogens with one attached hydrogen (secondary N) is 1. The van der Waals surface area contributed by atoms with E-state index < -0.39 is 0 Å². The molecule has 0 atom stereocenters. The lowest BCUT2D eigenvalue weighted by molar-refractivity contribution is -0.129. The summed E-state index contributed by atoms with van der Waals surface area (Å²) in [6.45, 7) is 3.96. The van der Waals surface area contributed by atoms with Gasteiger partial charge in [-0.1, -0.05) is 12.1 Å². The summed E-state index contributed by atoms with van der Waals surface area (Å²) in [4.78, 5) is 24.6. The molecule has 0 saturated carbocycles. The van der Waals surface area contributed by atoms with Crippen LogP contribution in [0.25, 0.3) is 6.08 Å². The van der Waals surface area contributed by atoms with Crippen LogP contribution in [-0.2, 0) is 14.3 Å². The normalized spacial score (nSPS) is 15.3. The molecule has 0 radical (unpaired) electrons. The third-order valence-electron chi connectivity index (χ3n) is 2.97. The van der Waals surface area contributed by atoms with Gasteiger partial charge < -0.3 is 15.0 Å². The summed E-state index contributed by atoms with van der Waals surface area (Å²) in [5.41, 5.74) is 1.66. The quantitative estimate of drug-likeness (QED) is 0.850. The van der Waals surface area contributed by atoms with Gasteiger partial charge in [0.15, 0.2) is 0 Å². The molecule has 0 aliphatic carbocycles. The first-order chi connectivity index (χ1) is 9.65. The van der Waals surface area contributed by atoms with Gasteiger partial charge in [0.25, 0.3) is 0 Å². The molecule has 2 rings (SSSR count). The van der Waals surface area contributed by atoms with Gasteiger partial charge in [0, 0.05) is 31.8 Å². The monoisotopic (exact) mass is 274 g/mol. The number of benzene rings is 1. The van der Waals surface area contributed by atoms with E-state index in [-0.39, 0.29) is 11.8 Å². The van der Waals surface area contributed by atoms with E-state index in [0.29, 0.717) is 26.3 Å². The van der Waals surface area contributed by atoms with Crippen molar-refractivity contribution >= 4 is 23.6 Å². The predicted molar refractivity (Wildman–Crippen MR) is 77.2 cm³/mol. The fourth-order valence-corrected chi connectivity index (χ4v) is 1.94. The molecule has 1 fully saturated rings. The molecule has 106 valence electrons. The molecule has 1 aromatic carbocycles. The molecule has 1 aliphatic heterocycles. The minimum atomic E-state index is -0.101. The molecule has 0 aromatic heterocycles. The summed E-state index contributed by atoms with van der Waals surface area (Å²) >= 11 is 0. The maximum atomic E-state index is 11.9. The Kier molecular flexibility index (Phi) is 4.90. The van der Waals surface area contributed by atoms with Gasteiger partial charge in [0.2, 0.25) is 11.8 Å². The highest BCUT2D eigenvalue weighted by atomic mass is 16.5. The van der Waals surface area contributed by atoms with Gasteiger partial charge in [-0.3, -0.25) is 9.59 Å². The van der Waals surface area contributed by atoms with Gasteiger partial charge in [-0.05, 0) is 23.8 Å². The van der Waals surface area contributed by atoms with E-state index >= 15 is 0 Å². The van der Waals surface area contributed by atoms with Crippen molar-refractivity contribution in [2.75, 3.05) is 31.6 Å². The topological polar surface area (TPSA) is 58.6 Å². The second kappa shape index (κ2) is 6.86. The molecule has 1 heterocycles. The Morgan fingerprint density at radius 2 is 1.85 bits per heavy atom. The zero-order chi connectivity index (χ0) is 14.4. The highest BCUT2D eigenvalue weighted by Gasteiger charge is 2.13. The number of amides is 2. The highest BCUT2D eigenvalue weighted by Crippen LogP contribution is 2.11. The number of carbonyl (C=O) groups is 2. The second-order valence-electron chi connectivity index (χ2n) is 4.57. The van der Waals surface area contributed by atoms with Crippen molar-refractivity contribution in [3.63, 3.8) is 0 Å². The first-order valence-corrected chi connectivity index (χ1v) is 6.57. The minimum absolute atomic E-state index is 0.000706. The number of morpholine rings is 1. The first-order valence-electron chi connectivity index (χ1n) is 6.57. The average Bonchev–Trinajstić information content (AvgIpc) is 2.46. The van der Waals surface area contributed by atoms with E-state index in [1.54, 1.807) is 29.2 Å². The second-order valence-corrected chi connectivity index (χ2v) is 4.57. The predicted octanol–water partition coefficient (Wildman–Crippen LogP) is 1.52. The van der Waals surface area contributed by atoms with E-state index in [1.807, 2.05) is 12.1 Å². The van der Waals surface area contributed by atoms with Crippen LogP contribution in [-0.4, -0.2) is 43.0 Å². The van der Waals surface area contributed by atoms with Crippen molar-refractivity contribution in [1.82, 2.24) is 4.90 Å². The molecular formula is C15H18N2O3. The fraction of sp³-hybridized carbons (Fsp3) is 0.333. The Morgan fingerprint density at radius 1 is 1.20 bits per heavy atom. The lowest BCUT2D eigenvalue weighted by Crippen LogP contribution is -2.39. The van der Waals surface area contributed by atoms with Crippen molar-refractivity contribution in [3.8, 4) is 0 Å². The molecule has 1 aliphatic rings. The number of carbonyl (C=O) groups excluding carboxylic acids is 2. The van der Waals surface area contributed by atoms with E-state index in [1.165, 1.54) is 6.92 Å². The maximum Gasteiger partial charge on any atom is 0.246 e. The summed E-state index contributed by atoms with van der Waals surface area (Å²) in [7, 11) is 0. The van der Waals surface area contributed by atoms with Crippen LogP contribution in [0.1, 0.15) is 12.5 Å². The van der Waals surface area contributed by atoms with Crippen LogP contribution in [0.4, 0.5) is 5.69 Å². The van der Waals surface area contributed by atoms with Crippen LogP contribution in [0.5, 0.6) is 0 Å². The van der Waals surface area contributed by atoms with Gasteiger partial charge in [-0.25, -0.2) is 0 Å². The standard InChI is InChI=1S/C15H18N2O3/c1-12(18)16-14-5-2-13(3-6-14)4-7-15(19)17-8-10-20-11-9-17/h2-7H,8-11H2,1H3,(H,16,18)/b7-4+. The summed E-state index contributed by atoms with van der Waals surface area (Å²) in [6, 6.07) is 7.32. The van der Waals surface area contributed by atoms with Crippen LogP contribution >= 0.6 is 0 Å². The van der Waals surface area contributed by atoms with E-state index in [2.05, 4.69) is 5.32 Å². The van der Waals surface area contributed by atoms with E-state index in [0.717, 1.165) is 11.3 Å². The van der Waals surface area contributed by atoms with Gasteiger partial charge in [0.05, 0.1) is 13.2 Å². The van der Waals surface area contributed by atoms with Crippen molar-refractivity contribution in [3.05, 3.63) is 35.9 Å². The molecule has 0 bridgehead atoms. The first kappa shape index (κ1) is 14.3. The number of nitrogens with zero attached hydrogens (tertiary/aromatic N) is 1. The zero-order valence-electron chi connectivity index (χ0n) is 11.5. The number of rotatable bonds is 3. The third-order valence-corrected chi connectivity index (χ3v) is 2.97. The molecule has 0 spiro atoms. The molecule has 1 aromatic rings. The van der Waals surface area contributed by atoms with Crippen molar-refractivity contribution in [2.45, 2.75) is 6.92 Å². The van der Waals surface area contributed by atoms with Crippen LogP contribution in [0, 0.1) is 0 Å². The fourth-order valence-electron chi connectivity index (χ4n) is 1.94. The molecule has 20 heavy (non-hydrogen) atoms. The molecular weight excluding hydrogens is 256 g/mol. The number of anilines is 1. The lowest BCUT2D eigenvalue weighted by atomic mass is 10.2. The summed E-state index contributed by atoms with van der Waals surface area (Å²) in [5.74, 6) is -0.102. The Labute approximate surface area is 118 Å². The number of hydrogen-bond donors (Lipinski definition) is 1. The third kappa shape index (κ3) is 4.20. The Hall–Kier alpha value is -2.14. The molecule has 1 saturated heterocycles. The molecule has 1 N–H and O–H groups in total. The van der Waals surface area contributed by atoms with Gasteiger partial charge >= 0.3 is 0 Å². The average molecular weight is 274 g/mol. The molecule has 5 nitrogen and oxygen atoms in total. The summed E-state index contributed by atoms with van der Waals surface area (Å²) in [6.07, 6.45) is 3.34. The lowest BCUT2D eigenvalue weighted by Gasteiger charge is -2.25. The van der Waals surface area contributed by atoms with Crippen LogP contribution in [0.15, 0.2) is 30.3 Å². The Balaban J connectivity index is 1.93. The summed E-state index contributed by atoms with van der Waals surface area (Å²) < 4.78 is 5.21. The maximum absolute atomic E-state index is 11.9. The van der Waals surface area contributed by atoms with Gasteiger partial charge in [-0.15, -0.1) is 0 Å². The van der Waals surface area contributed by atoms with Crippen molar-refractivity contribution in [2.24, 2.45) is 0 Å². The van der Waals surface area contributed by atoms with Crippen LogP contribution in [0.3, 0.4) is 0 Å². The zero-order valence-corrected chi connectivity index (χ0v) is 11.5.